The summed E-state index contributed by atoms with van der Waals surface area (Å²) in [6.45, 7) is 12.8. The molecular weight excluding hydrogens is 408 g/mol. The van der Waals surface area contributed by atoms with Crippen molar-refractivity contribution in [2.45, 2.75) is 60.0 Å². The van der Waals surface area contributed by atoms with Gasteiger partial charge in [-0.25, -0.2) is 4.98 Å². The highest BCUT2D eigenvalue weighted by atomic mass is 16.5. The van der Waals surface area contributed by atoms with E-state index in [1.807, 2.05) is 6.92 Å². The molecule has 1 aliphatic rings. The maximum Gasteiger partial charge on any atom is 0.227 e. The molecule has 0 bridgehead atoms. The van der Waals surface area contributed by atoms with Crippen molar-refractivity contribution >= 4 is 21.9 Å². The summed E-state index contributed by atoms with van der Waals surface area (Å²) in [5.41, 5.74) is 7.02. The van der Waals surface area contributed by atoms with Gasteiger partial charge in [-0.15, -0.1) is 0 Å². The lowest BCUT2D eigenvalue weighted by molar-refractivity contribution is 0.108. The molecule has 2 aromatic carbocycles. The van der Waals surface area contributed by atoms with Gasteiger partial charge in [-0.2, -0.15) is 4.98 Å². The van der Waals surface area contributed by atoms with Crippen molar-refractivity contribution in [3.05, 3.63) is 58.9 Å². The van der Waals surface area contributed by atoms with E-state index < -0.39 is 0 Å². The van der Waals surface area contributed by atoms with Crippen molar-refractivity contribution in [3.63, 3.8) is 0 Å². The summed E-state index contributed by atoms with van der Waals surface area (Å²) in [5.74, 6) is 1.96. The monoisotopic (exact) mass is 442 g/mol. The van der Waals surface area contributed by atoms with Crippen LogP contribution >= 0.6 is 0 Å². The number of hydrogen-bond acceptors (Lipinski definition) is 4. The average molecular weight is 443 g/mol. The van der Waals surface area contributed by atoms with Gasteiger partial charge in [0.05, 0.1) is 16.6 Å². The Kier molecular flexibility index (Phi) is 5.83. The summed E-state index contributed by atoms with van der Waals surface area (Å²) in [5, 5.41) is 5.69. The van der Waals surface area contributed by atoms with Crippen molar-refractivity contribution in [1.29, 1.82) is 0 Å². The summed E-state index contributed by atoms with van der Waals surface area (Å²) >= 11 is 0. The molecule has 0 aliphatic carbocycles. The van der Waals surface area contributed by atoms with E-state index in [-0.39, 0.29) is 6.10 Å². The van der Waals surface area contributed by atoms with E-state index >= 15 is 0 Å². The minimum atomic E-state index is 0.139. The summed E-state index contributed by atoms with van der Waals surface area (Å²) in [6, 6.07) is 13.0. The van der Waals surface area contributed by atoms with E-state index in [0.717, 1.165) is 47.3 Å². The fraction of sp³-hybridized carbons (Fsp3) is 0.429. The Morgan fingerprint density at radius 3 is 2.55 bits per heavy atom. The summed E-state index contributed by atoms with van der Waals surface area (Å²) < 4.78 is 9.03. The number of nitrogens with zero attached hydrogens (tertiary/aromatic N) is 3. The van der Waals surface area contributed by atoms with E-state index in [0.29, 0.717) is 11.8 Å². The van der Waals surface area contributed by atoms with Crippen LogP contribution in [0.2, 0.25) is 0 Å². The number of hydrogen-bond donors (Lipinski definition) is 1. The topological polar surface area (TPSA) is 52.0 Å². The van der Waals surface area contributed by atoms with Crippen molar-refractivity contribution in [3.8, 4) is 11.6 Å². The molecule has 1 saturated heterocycles. The minimum absolute atomic E-state index is 0.139. The molecule has 5 rings (SSSR count). The number of ether oxygens (including phenoxy) is 1. The molecule has 0 radical (unpaired) electrons. The maximum atomic E-state index is 6.73. The molecule has 2 unspecified atom stereocenters. The molecule has 1 fully saturated rings. The highest BCUT2D eigenvalue weighted by Gasteiger charge is 2.27. The Bertz CT molecular complexity index is 1290. The van der Waals surface area contributed by atoms with Crippen LogP contribution in [0.5, 0.6) is 5.88 Å². The Morgan fingerprint density at radius 1 is 1.09 bits per heavy atom. The Balaban J connectivity index is 1.75. The second-order valence-corrected chi connectivity index (χ2v) is 9.55. The standard InChI is InChI=1S/C28H34N4O/c1-6-24(21-10-9-13-29-16-21)33-28-25-22-11-7-8-12-23(22)32(27(25)30-20(5)31-28)26-18(3)14-17(2)15-19(26)4/h7-8,11-12,14-15,21,24,29H,6,9-10,13,16H2,1-5H3. The van der Waals surface area contributed by atoms with Gasteiger partial charge in [-0.3, -0.25) is 4.57 Å². The van der Waals surface area contributed by atoms with Crippen molar-refractivity contribution in [1.82, 2.24) is 19.9 Å². The van der Waals surface area contributed by atoms with Gasteiger partial charge in [-0.05, 0) is 70.7 Å². The Morgan fingerprint density at radius 2 is 1.85 bits per heavy atom. The number of piperidine rings is 1. The number of para-hydroxylation sites is 1. The molecule has 4 aromatic rings. The maximum absolute atomic E-state index is 6.73. The van der Waals surface area contributed by atoms with E-state index in [1.54, 1.807) is 0 Å². The van der Waals surface area contributed by atoms with Crippen molar-refractivity contribution in [2.75, 3.05) is 13.1 Å². The second kappa shape index (κ2) is 8.79. The second-order valence-electron chi connectivity index (χ2n) is 9.55. The number of benzene rings is 2. The summed E-state index contributed by atoms with van der Waals surface area (Å²) in [6.07, 6.45) is 3.50. The molecule has 1 N–H and O–H groups in total. The molecule has 1 aliphatic heterocycles. The lowest BCUT2D eigenvalue weighted by Crippen LogP contribution is -2.39. The van der Waals surface area contributed by atoms with Crippen LogP contribution in [0.4, 0.5) is 0 Å². The smallest absolute Gasteiger partial charge is 0.227 e. The van der Waals surface area contributed by atoms with Crippen LogP contribution in [-0.4, -0.2) is 33.7 Å². The zero-order valence-electron chi connectivity index (χ0n) is 20.4. The third-order valence-electron chi connectivity index (χ3n) is 6.98. The molecule has 0 spiro atoms. The predicted molar refractivity (Wildman–Crippen MR) is 136 cm³/mol. The molecule has 3 heterocycles. The summed E-state index contributed by atoms with van der Waals surface area (Å²) in [4.78, 5) is 9.79. The van der Waals surface area contributed by atoms with Gasteiger partial charge in [0.25, 0.3) is 0 Å². The first-order valence-electron chi connectivity index (χ1n) is 12.2. The molecule has 5 heteroatoms. The molecule has 33 heavy (non-hydrogen) atoms. The third-order valence-corrected chi connectivity index (χ3v) is 6.98. The van der Waals surface area contributed by atoms with Gasteiger partial charge >= 0.3 is 0 Å². The highest BCUT2D eigenvalue weighted by molar-refractivity contribution is 6.10. The summed E-state index contributed by atoms with van der Waals surface area (Å²) in [7, 11) is 0. The molecule has 0 saturated carbocycles. The number of fused-ring (bicyclic) bond motifs is 3. The van der Waals surface area contributed by atoms with E-state index in [2.05, 4.69) is 74.0 Å². The molecule has 2 aromatic heterocycles. The zero-order chi connectivity index (χ0) is 23.1. The van der Waals surface area contributed by atoms with Crippen LogP contribution in [-0.2, 0) is 0 Å². The van der Waals surface area contributed by atoms with Gasteiger partial charge in [-0.1, -0.05) is 42.8 Å². The fourth-order valence-electron chi connectivity index (χ4n) is 5.61. The van der Waals surface area contributed by atoms with Crippen molar-refractivity contribution in [2.24, 2.45) is 5.92 Å². The quantitative estimate of drug-likeness (QED) is 0.414. The van der Waals surface area contributed by atoms with Gasteiger partial charge in [0.1, 0.15) is 11.9 Å². The van der Waals surface area contributed by atoms with Crippen LogP contribution in [0.15, 0.2) is 36.4 Å². The van der Waals surface area contributed by atoms with E-state index in [1.165, 1.54) is 35.2 Å². The lowest BCUT2D eigenvalue weighted by Gasteiger charge is -2.30. The zero-order valence-corrected chi connectivity index (χ0v) is 20.4. The average Bonchev–Trinajstić information content (AvgIpc) is 3.11. The van der Waals surface area contributed by atoms with Gasteiger partial charge in [0, 0.05) is 17.8 Å². The lowest BCUT2D eigenvalue weighted by atomic mass is 9.92. The number of rotatable bonds is 5. The predicted octanol–water partition coefficient (Wildman–Crippen LogP) is 5.96. The van der Waals surface area contributed by atoms with E-state index in [9.17, 15) is 0 Å². The van der Waals surface area contributed by atoms with Crippen LogP contribution in [0, 0.1) is 33.6 Å². The Labute approximate surface area is 196 Å². The fourth-order valence-corrected chi connectivity index (χ4v) is 5.61. The number of aromatic nitrogens is 3. The minimum Gasteiger partial charge on any atom is -0.473 e. The first-order chi connectivity index (χ1) is 16.0. The Hall–Kier alpha value is -2.92. The normalized spacial score (nSPS) is 17.5. The van der Waals surface area contributed by atoms with Crippen molar-refractivity contribution < 1.29 is 4.74 Å². The molecule has 172 valence electrons. The van der Waals surface area contributed by atoms with Crippen LogP contribution in [0.1, 0.15) is 48.7 Å². The van der Waals surface area contributed by atoms with Gasteiger partial charge < -0.3 is 10.1 Å². The van der Waals surface area contributed by atoms with Crippen LogP contribution in [0.3, 0.4) is 0 Å². The largest absolute Gasteiger partial charge is 0.473 e. The molecule has 5 nitrogen and oxygen atoms in total. The van der Waals surface area contributed by atoms with E-state index in [4.69, 9.17) is 14.7 Å². The number of nitrogens with one attached hydrogen (secondary N) is 1. The highest BCUT2D eigenvalue weighted by Crippen LogP contribution is 2.38. The van der Waals surface area contributed by atoms with Gasteiger partial charge in [0.15, 0.2) is 5.65 Å². The number of aryl methyl sites for hydroxylation is 4. The molecular formula is C28H34N4O. The first-order valence-corrected chi connectivity index (χ1v) is 12.2. The SMILES string of the molecule is CCC(Oc1nc(C)nc2c1c1ccccc1n2-c1c(C)cc(C)cc1C)C1CCCNC1. The van der Waals surface area contributed by atoms with Crippen LogP contribution < -0.4 is 10.1 Å². The molecule has 2 atom stereocenters. The van der Waals surface area contributed by atoms with Crippen LogP contribution in [0.25, 0.3) is 27.6 Å². The third kappa shape index (κ3) is 3.89. The van der Waals surface area contributed by atoms with Gasteiger partial charge in [0.2, 0.25) is 5.88 Å². The first kappa shape index (κ1) is 21.9. The molecule has 0 amide bonds.